The highest BCUT2D eigenvalue weighted by molar-refractivity contribution is 5.94. The highest BCUT2D eigenvalue weighted by Crippen LogP contribution is 2.04. The molecule has 1 saturated heterocycles. The molecular formula is C13H18N4O2. The zero-order valence-corrected chi connectivity index (χ0v) is 10.6. The third-order valence-electron chi connectivity index (χ3n) is 2.98. The summed E-state index contributed by atoms with van der Waals surface area (Å²) in [6.07, 6.45) is 0.862. The Morgan fingerprint density at radius 2 is 2.16 bits per heavy atom. The first kappa shape index (κ1) is 13.4. The molecule has 2 amide bonds. The Morgan fingerprint density at radius 3 is 2.74 bits per heavy atom. The van der Waals surface area contributed by atoms with Crippen molar-refractivity contribution in [3.8, 4) is 0 Å². The van der Waals surface area contributed by atoms with Crippen LogP contribution in [-0.4, -0.2) is 31.1 Å². The number of benzene rings is 1. The van der Waals surface area contributed by atoms with Crippen LogP contribution in [0.2, 0.25) is 0 Å². The summed E-state index contributed by atoms with van der Waals surface area (Å²) in [4.78, 5) is 11.6. The van der Waals surface area contributed by atoms with Crippen LogP contribution >= 0.6 is 0 Å². The summed E-state index contributed by atoms with van der Waals surface area (Å²) in [6.45, 7) is 1.73. The molecule has 1 atom stereocenters. The van der Waals surface area contributed by atoms with Crippen LogP contribution in [0, 0.1) is 5.41 Å². The molecule has 1 aliphatic heterocycles. The monoisotopic (exact) mass is 262 g/mol. The van der Waals surface area contributed by atoms with E-state index in [4.69, 9.17) is 15.9 Å². The summed E-state index contributed by atoms with van der Waals surface area (Å²) in [6, 6.07) is 7.14. The van der Waals surface area contributed by atoms with Crippen LogP contribution in [-0.2, 0) is 11.3 Å². The summed E-state index contributed by atoms with van der Waals surface area (Å²) in [5, 5.41) is 12.9. The van der Waals surface area contributed by atoms with Gasteiger partial charge in [0.05, 0.1) is 12.6 Å². The lowest BCUT2D eigenvalue weighted by molar-refractivity contribution is 0.188. The standard InChI is InChI=1S/C13H18N4O2/c14-12(15)10-3-1-9(2-4-10)7-16-13(18)17-11-5-6-19-8-11/h1-4,11H,5-8H2,(H3,14,15)(H2,16,17,18). The van der Waals surface area contributed by atoms with Gasteiger partial charge in [0.15, 0.2) is 0 Å². The molecular weight excluding hydrogens is 244 g/mol. The Kier molecular flexibility index (Phi) is 4.35. The number of nitrogen functional groups attached to an aromatic ring is 1. The molecule has 1 aliphatic rings. The number of rotatable bonds is 4. The summed E-state index contributed by atoms with van der Waals surface area (Å²) in [5.74, 6) is 0.0403. The van der Waals surface area contributed by atoms with E-state index in [0.717, 1.165) is 12.0 Å². The molecule has 0 saturated carbocycles. The smallest absolute Gasteiger partial charge is 0.315 e. The van der Waals surface area contributed by atoms with Gasteiger partial charge >= 0.3 is 6.03 Å². The van der Waals surface area contributed by atoms with Gasteiger partial charge in [0.2, 0.25) is 0 Å². The Bertz CT molecular complexity index is 452. The minimum atomic E-state index is -0.189. The largest absolute Gasteiger partial charge is 0.384 e. The van der Waals surface area contributed by atoms with Crippen molar-refractivity contribution in [2.75, 3.05) is 13.2 Å². The molecule has 1 unspecified atom stereocenters. The normalized spacial score (nSPS) is 18.0. The van der Waals surface area contributed by atoms with Crippen molar-refractivity contribution < 1.29 is 9.53 Å². The molecule has 0 spiro atoms. The second kappa shape index (κ2) is 6.19. The van der Waals surface area contributed by atoms with Crippen molar-refractivity contribution >= 4 is 11.9 Å². The lowest BCUT2D eigenvalue weighted by Crippen LogP contribution is -2.42. The molecule has 1 aromatic carbocycles. The van der Waals surface area contributed by atoms with E-state index in [1.54, 1.807) is 12.1 Å². The van der Waals surface area contributed by atoms with Gasteiger partial charge in [0.25, 0.3) is 0 Å². The number of amidine groups is 1. The van der Waals surface area contributed by atoms with Gasteiger partial charge in [-0.2, -0.15) is 0 Å². The van der Waals surface area contributed by atoms with Gasteiger partial charge in [0, 0.05) is 18.7 Å². The fourth-order valence-electron chi connectivity index (χ4n) is 1.87. The van der Waals surface area contributed by atoms with Gasteiger partial charge in [-0.25, -0.2) is 4.79 Å². The number of nitrogens with two attached hydrogens (primary N) is 1. The fraction of sp³-hybridized carbons (Fsp3) is 0.385. The van der Waals surface area contributed by atoms with Gasteiger partial charge in [0.1, 0.15) is 5.84 Å². The molecule has 1 heterocycles. The van der Waals surface area contributed by atoms with Crippen molar-refractivity contribution in [3.63, 3.8) is 0 Å². The predicted octanol–water partition coefficient (Wildman–Crippen LogP) is 0.559. The highest BCUT2D eigenvalue weighted by atomic mass is 16.5. The van der Waals surface area contributed by atoms with Gasteiger partial charge in [-0.15, -0.1) is 0 Å². The molecule has 6 nitrogen and oxygen atoms in total. The Hall–Kier alpha value is -2.08. The number of carbonyl (C=O) groups excluding carboxylic acids is 1. The van der Waals surface area contributed by atoms with Crippen molar-refractivity contribution in [3.05, 3.63) is 35.4 Å². The van der Waals surface area contributed by atoms with E-state index in [-0.39, 0.29) is 17.9 Å². The number of urea groups is 1. The van der Waals surface area contributed by atoms with Crippen LogP contribution in [0.15, 0.2) is 24.3 Å². The molecule has 1 fully saturated rings. The quantitative estimate of drug-likeness (QED) is 0.471. The summed E-state index contributed by atoms with van der Waals surface area (Å²) in [5.41, 5.74) is 7.01. The molecule has 0 aromatic heterocycles. The van der Waals surface area contributed by atoms with Crippen LogP contribution in [0.25, 0.3) is 0 Å². The zero-order valence-electron chi connectivity index (χ0n) is 10.6. The first-order chi connectivity index (χ1) is 9.15. The highest BCUT2D eigenvalue weighted by Gasteiger charge is 2.17. The average Bonchev–Trinajstić information content (AvgIpc) is 2.89. The predicted molar refractivity (Wildman–Crippen MR) is 72.1 cm³/mol. The van der Waals surface area contributed by atoms with Gasteiger partial charge in [-0.3, -0.25) is 5.41 Å². The second-order valence-corrected chi connectivity index (χ2v) is 4.50. The molecule has 0 radical (unpaired) electrons. The maximum atomic E-state index is 11.6. The van der Waals surface area contributed by atoms with Crippen molar-refractivity contribution in [1.29, 1.82) is 5.41 Å². The molecule has 102 valence electrons. The van der Waals surface area contributed by atoms with Gasteiger partial charge < -0.3 is 21.1 Å². The minimum absolute atomic E-state index is 0.0403. The Labute approximate surface area is 111 Å². The summed E-state index contributed by atoms with van der Waals surface area (Å²) >= 11 is 0. The molecule has 1 aromatic rings. The third kappa shape index (κ3) is 3.96. The molecule has 5 N–H and O–H groups in total. The van der Waals surface area contributed by atoms with E-state index >= 15 is 0 Å². The minimum Gasteiger partial charge on any atom is -0.384 e. The average molecular weight is 262 g/mol. The van der Waals surface area contributed by atoms with Crippen molar-refractivity contribution in [2.45, 2.75) is 19.0 Å². The van der Waals surface area contributed by atoms with Crippen molar-refractivity contribution in [1.82, 2.24) is 10.6 Å². The van der Waals surface area contributed by atoms with Crippen LogP contribution in [0.5, 0.6) is 0 Å². The second-order valence-electron chi connectivity index (χ2n) is 4.50. The number of hydrogen-bond acceptors (Lipinski definition) is 3. The topological polar surface area (TPSA) is 100 Å². The van der Waals surface area contributed by atoms with E-state index in [0.29, 0.717) is 25.3 Å². The first-order valence-electron chi connectivity index (χ1n) is 6.20. The summed E-state index contributed by atoms with van der Waals surface area (Å²) in [7, 11) is 0. The van der Waals surface area contributed by atoms with E-state index in [1.807, 2.05) is 12.1 Å². The van der Waals surface area contributed by atoms with E-state index in [1.165, 1.54) is 0 Å². The number of nitrogens with one attached hydrogen (secondary N) is 3. The molecule has 6 heteroatoms. The van der Waals surface area contributed by atoms with Crippen LogP contribution in [0.3, 0.4) is 0 Å². The molecule has 2 rings (SSSR count). The molecule has 0 aliphatic carbocycles. The van der Waals surface area contributed by atoms with Gasteiger partial charge in [-0.05, 0) is 12.0 Å². The number of ether oxygens (including phenoxy) is 1. The number of amides is 2. The van der Waals surface area contributed by atoms with Crippen LogP contribution < -0.4 is 16.4 Å². The Balaban J connectivity index is 1.77. The first-order valence-corrected chi connectivity index (χ1v) is 6.20. The van der Waals surface area contributed by atoms with E-state index < -0.39 is 0 Å². The SMILES string of the molecule is N=C(N)c1ccc(CNC(=O)NC2CCOC2)cc1. The molecule has 19 heavy (non-hydrogen) atoms. The zero-order chi connectivity index (χ0) is 13.7. The van der Waals surface area contributed by atoms with Crippen molar-refractivity contribution in [2.24, 2.45) is 5.73 Å². The number of carbonyl (C=O) groups is 1. The maximum Gasteiger partial charge on any atom is 0.315 e. The lowest BCUT2D eigenvalue weighted by Gasteiger charge is -2.12. The van der Waals surface area contributed by atoms with Crippen LogP contribution in [0.1, 0.15) is 17.5 Å². The van der Waals surface area contributed by atoms with E-state index in [9.17, 15) is 4.79 Å². The lowest BCUT2D eigenvalue weighted by atomic mass is 10.1. The summed E-state index contributed by atoms with van der Waals surface area (Å²) < 4.78 is 5.18. The van der Waals surface area contributed by atoms with E-state index in [2.05, 4.69) is 10.6 Å². The Morgan fingerprint density at radius 1 is 1.42 bits per heavy atom. The number of hydrogen-bond donors (Lipinski definition) is 4. The molecule has 0 bridgehead atoms. The third-order valence-corrected chi connectivity index (χ3v) is 2.98. The fourth-order valence-corrected chi connectivity index (χ4v) is 1.87. The van der Waals surface area contributed by atoms with Crippen LogP contribution in [0.4, 0.5) is 4.79 Å². The maximum absolute atomic E-state index is 11.6. The van der Waals surface area contributed by atoms with Gasteiger partial charge in [-0.1, -0.05) is 24.3 Å².